The van der Waals surface area contributed by atoms with Crippen molar-refractivity contribution in [1.29, 1.82) is 0 Å². The van der Waals surface area contributed by atoms with Crippen LogP contribution in [0.25, 0.3) is 0 Å². The monoisotopic (exact) mass is 463 g/mol. The van der Waals surface area contributed by atoms with Crippen LogP contribution in [0.5, 0.6) is 0 Å². The van der Waals surface area contributed by atoms with Crippen LogP contribution in [0.1, 0.15) is 39.9 Å². The van der Waals surface area contributed by atoms with Gasteiger partial charge in [-0.1, -0.05) is 66.7 Å². The summed E-state index contributed by atoms with van der Waals surface area (Å²) < 4.78 is 0. The first-order valence-corrected chi connectivity index (χ1v) is 12.2. The molecule has 4 atom stereocenters. The molecule has 6 nitrogen and oxygen atoms in total. The molecule has 2 spiro atoms. The number of hydrogen-bond donors (Lipinski definition) is 2. The van der Waals surface area contributed by atoms with Gasteiger partial charge in [-0.3, -0.25) is 19.3 Å². The zero-order valence-electron chi connectivity index (χ0n) is 19.4. The zero-order chi connectivity index (χ0) is 23.9. The van der Waals surface area contributed by atoms with Crippen molar-refractivity contribution < 1.29 is 14.4 Å². The Labute approximate surface area is 203 Å². The Morgan fingerprint density at radius 1 is 0.886 bits per heavy atom. The lowest BCUT2D eigenvalue weighted by Gasteiger charge is -2.43. The SMILES string of the molecule is Cc1cccc2c1NC(=O)[C@]21N2CCC[C@H]2[C@@H](C(=O)c2ccccc2)[C@]12C(=O)Nc1ccccc12. The molecule has 2 N–H and O–H groups in total. The largest absolute Gasteiger partial charge is 0.325 e. The number of hydrogen-bond acceptors (Lipinski definition) is 4. The maximum absolute atomic E-state index is 14.4. The van der Waals surface area contributed by atoms with E-state index in [0.717, 1.165) is 35.2 Å². The minimum Gasteiger partial charge on any atom is -0.325 e. The topological polar surface area (TPSA) is 78.5 Å². The number of fused-ring (bicyclic) bond motifs is 7. The minimum absolute atomic E-state index is 0.0832. The van der Waals surface area contributed by atoms with Crippen LogP contribution in [-0.2, 0) is 20.5 Å². The lowest BCUT2D eigenvalue weighted by atomic mass is 9.57. The van der Waals surface area contributed by atoms with Crippen LogP contribution >= 0.6 is 0 Å². The fraction of sp³-hybridized carbons (Fsp3) is 0.276. The second-order valence-electron chi connectivity index (χ2n) is 10.1. The molecule has 35 heavy (non-hydrogen) atoms. The van der Waals surface area contributed by atoms with E-state index in [4.69, 9.17) is 0 Å². The number of nitrogens with zero attached hydrogens (tertiary/aromatic N) is 1. The van der Waals surface area contributed by atoms with Crippen LogP contribution in [-0.4, -0.2) is 35.1 Å². The molecule has 174 valence electrons. The fourth-order valence-corrected chi connectivity index (χ4v) is 7.53. The summed E-state index contributed by atoms with van der Waals surface area (Å²) in [4.78, 5) is 45.3. The van der Waals surface area contributed by atoms with Gasteiger partial charge in [-0.15, -0.1) is 0 Å². The van der Waals surface area contributed by atoms with Gasteiger partial charge in [0, 0.05) is 28.5 Å². The first-order valence-electron chi connectivity index (χ1n) is 12.2. The van der Waals surface area contributed by atoms with E-state index >= 15 is 0 Å². The molecule has 2 saturated heterocycles. The third-order valence-electron chi connectivity index (χ3n) is 8.68. The molecule has 0 radical (unpaired) electrons. The van der Waals surface area contributed by atoms with Crippen LogP contribution < -0.4 is 10.6 Å². The van der Waals surface area contributed by atoms with Crippen LogP contribution in [0.2, 0.25) is 0 Å². The summed E-state index contributed by atoms with van der Waals surface area (Å²) in [5.74, 6) is -1.27. The van der Waals surface area contributed by atoms with Gasteiger partial charge in [0.15, 0.2) is 5.78 Å². The van der Waals surface area contributed by atoms with Gasteiger partial charge in [0.1, 0.15) is 11.0 Å². The van der Waals surface area contributed by atoms with Gasteiger partial charge in [0.05, 0.1) is 5.92 Å². The Hall–Kier alpha value is -3.77. The van der Waals surface area contributed by atoms with E-state index in [2.05, 4.69) is 15.5 Å². The molecule has 0 saturated carbocycles. The van der Waals surface area contributed by atoms with Gasteiger partial charge in [-0.25, -0.2) is 0 Å². The highest BCUT2D eigenvalue weighted by Gasteiger charge is 2.81. The van der Waals surface area contributed by atoms with Crippen molar-refractivity contribution in [3.8, 4) is 0 Å². The first kappa shape index (κ1) is 20.6. The summed E-state index contributed by atoms with van der Waals surface area (Å²) in [6.07, 6.45) is 1.63. The Balaban J connectivity index is 1.61. The van der Waals surface area contributed by atoms with Crippen molar-refractivity contribution in [1.82, 2.24) is 4.90 Å². The Morgan fingerprint density at radius 3 is 2.46 bits per heavy atom. The van der Waals surface area contributed by atoms with E-state index in [-0.39, 0.29) is 23.6 Å². The Bertz CT molecular complexity index is 1430. The van der Waals surface area contributed by atoms with Crippen molar-refractivity contribution in [2.24, 2.45) is 5.92 Å². The summed E-state index contributed by atoms with van der Waals surface area (Å²) in [5.41, 5.74) is 1.79. The van der Waals surface area contributed by atoms with Gasteiger partial charge >= 0.3 is 0 Å². The molecule has 4 aliphatic rings. The summed E-state index contributed by atoms with van der Waals surface area (Å²) in [6, 6.07) is 22.4. The molecule has 0 aromatic heterocycles. The van der Waals surface area contributed by atoms with Crippen LogP contribution in [0.15, 0.2) is 72.8 Å². The van der Waals surface area contributed by atoms with Gasteiger partial charge in [0.2, 0.25) is 5.91 Å². The number of rotatable bonds is 2. The molecular formula is C29H25N3O3. The smallest absolute Gasteiger partial charge is 0.251 e. The van der Waals surface area contributed by atoms with E-state index < -0.39 is 16.9 Å². The molecule has 0 aliphatic carbocycles. The lowest BCUT2D eigenvalue weighted by Crippen LogP contribution is -2.62. The third kappa shape index (κ3) is 2.22. The number of amides is 2. The number of para-hydroxylation sites is 2. The van der Waals surface area contributed by atoms with Crippen molar-refractivity contribution in [2.45, 2.75) is 36.8 Å². The fourth-order valence-electron chi connectivity index (χ4n) is 7.53. The quantitative estimate of drug-likeness (QED) is 0.563. The molecule has 2 fully saturated rings. The predicted molar refractivity (Wildman–Crippen MR) is 132 cm³/mol. The van der Waals surface area contributed by atoms with Crippen LogP contribution in [0.3, 0.4) is 0 Å². The molecular weight excluding hydrogens is 438 g/mol. The number of carbonyl (C=O) groups excluding carboxylic acids is 3. The molecule has 3 aromatic carbocycles. The molecule has 6 heteroatoms. The summed E-state index contributed by atoms with van der Waals surface area (Å²) >= 11 is 0. The van der Waals surface area contributed by atoms with Crippen LogP contribution in [0.4, 0.5) is 11.4 Å². The molecule has 4 aliphatic heterocycles. The second-order valence-corrected chi connectivity index (χ2v) is 10.1. The average molecular weight is 464 g/mol. The molecule has 3 aromatic rings. The van der Waals surface area contributed by atoms with Crippen molar-refractivity contribution in [3.05, 3.63) is 95.1 Å². The van der Waals surface area contributed by atoms with E-state index in [0.29, 0.717) is 17.8 Å². The second kappa shape index (κ2) is 6.89. The normalized spacial score (nSPS) is 30.3. The highest BCUT2D eigenvalue weighted by Crippen LogP contribution is 2.68. The minimum atomic E-state index is -1.38. The van der Waals surface area contributed by atoms with Crippen molar-refractivity contribution in [2.75, 3.05) is 17.2 Å². The first-order chi connectivity index (χ1) is 17.0. The number of aryl methyl sites for hydroxylation is 1. The van der Waals surface area contributed by atoms with Gasteiger partial charge < -0.3 is 10.6 Å². The van der Waals surface area contributed by atoms with Gasteiger partial charge in [-0.05, 0) is 43.5 Å². The lowest BCUT2D eigenvalue weighted by molar-refractivity contribution is -0.137. The number of ketones is 1. The molecule has 7 rings (SSSR count). The zero-order valence-corrected chi connectivity index (χ0v) is 19.4. The van der Waals surface area contributed by atoms with E-state index in [1.807, 2.05) is 79.7 Å². The number of Topliss-reactive ketones (excluding diaryl/α,β-unsaturated/α-hetero) is 1. The summed E-state index contributed by atoms with van der Waals surface area (Å²) in [5, 5.41) is 6.22. The summed E-state index contributed by atoms with van der Waals surface area (Å²) in [6.45, 7) is 2.62. The Kier molecular flexibility index (Phi) is 4.05. The maximum Gasteiger partial charge on any atom is 0.251 e. The highest BCUT2D eigenvalue weighted by atomic mass is 16.2. The third-order valence-corrected chi connectivity index (χ3v) is 8.68. The number of anilines is 2. The van der Waals surface area contributed by atoms with Crippen LogP contribution in [0, 0.1) is 12.8 Å². The average Bonchev–Trinajstić information content (AvgIpc) is 3.59. The van der Waals surface area contributed by atoms with Crippen molar-refractivity contribution >= 4 is 29.0 Å². The predicted octanol–water partition coefficient (Wildman–Crippen LogP) is 4.01. The number of carbonyl (C=O) groups is 3. The summed E-state index contributed by atoms with van der Waals surface area (Å²) in [7, 11) is 0. The number of nitrogens with one attached hydrogen (secondary N) is 2. The maximum atomic E-state index is 14.4. The van der Waals surface area contributed by atoms with Crippen molar-refractivity contribution in [3.63, 3.8) is 0 Å². The van der Waals surface area contributed by atoms with E-state index in [9.17, 15) is 14.4 Å². The molecule has 0 unspecified atom stereocenters. The molecule has 0 bridgehead atoms. The molecule has 4 heterocycles. The van der Waals surface area contributed by atoms with E-state index in [1.54, 1.807) is 0 Å². The highest BCUT2D eigenvalue weighted by molar-refractivity contribution is 6.21. The van der Waals surface area contributed by atoms with Gasteiger partial charge in [-0.2, -0.15) is 0 Å². The standard InChI is InChI=1S/C29H25N3O3/c1-17-9-7-13-20-24(17)31-27(35)29(20)28(19-12-5-6-14-21(19)30-26(28)34)23(22-15-8-16-32(22)29)25(33)18-10-3-2-4-11-18/h2-7,9-14,22-23H,8,15-16H2,1H3,(H,30,34)(H,31,35)/t22-,23-,28+,29+/m0/s1. The molecule has 2 amide bonds. The Morgan fingerprint density at radius 2 is 1.63 bits per heavy atom. The van der Waals surface area contributed by atoms with Gasteiger partial charge in [0.25, 0.3) is 5.91 Å². The van der Waals surface area contributed by atoms with E-state index in [1.165, 1.54) is 0 Å². The number of benzene rings is 3.